The Labute approximate surface area is 180 Å². The first-order valence-corrected chi connectivity index (χ1v) is 11.4. The number of aliphatic imine (C=N–C) groups is 1. The van der Waals surface area contributed by atoms with Crippen molar-refractivity contribution >= 4 is 39.8 Å². The van der Waals surface area contributed by atoms with Gasteiger partial charge < -0.3 is 15.4 Å². The summed E-state index contributed by atoms with van der Waals surface area (Å²) in [6, 6.07) is 6.20. The van der Waals surface area contributed by atoms with E-state index in [1.807, 2.05) is 6.92 Å². The average molecular weight is 509 g/mol. The highest BCUT2D eigenvalue weighted by Crippen LogP contribution is 2.30. The van der Waals surface area contributed by atoms with Gasteiger partial charge in [-0.2, -0.15) is 0 Å². The predicted octanol–water partition coefficient (Wildman–Crippen LogP) is 2.89. The van der Waals surface area contributed by atoms with Crippen LogP contribution in [-0.2, 0) is 16.4 Å². The molecule has 2 rings (SSSR count). The van der Waals surface area contributed by atoms with Crippen molar-refractivity contribution in [1.29, 1.82) is 0 Å². The Morgan fingerprint density at radius 3 is 2.67 bits per heavy atom. The molecule has 1 fully saturated rings. The van der Waals surface area contributed by atoms with Crippen LogP contribution in [0.15, 0.2) is 23.2 Å². The van der Waals surface area contributed by atoms with Crippen LogP contribution in [0, 0.1) is 12.8 Å². The second kappa shape index (κ2) is 11.7. The van der Waals surface area contributed by atoms with Crippen LogP contribution < -0.4 is 15.4 Å². The molecule has 0 amide bonds. The zero-order valence-corrected chi connectivity index (χ0v) is 19.6. The number of aryl methyl sites for hydroxylation is 1. The largest absolute Gasteiger partial charge is 0.493 e. The van der Waals surface area contributed by atoms with Crippen molar-refractivity contribution in [3.8, 4) is 5.75 Å². The summed E-state index contributed by atoms with van der Waals surface area (Å²) in [6.45, 7) is 6.68. The Bertz CT molecular complexity index is 719. The van der Waals surface area contributed by atoms with E-state index in [2.05, 4.69) is 40.7 Å². The van der Waals surface area contributed by atoms with Crippen LogP contribution in [0.1, 0.15) is 37.3 Å². The van der Waals surface area contributed by atoms with Crippen LogP contribution in [0.4, 0.5) is 0 Å². The van der Waals surface area contributed by atoms with Crippen molar-refractivity contribution in [2.75, 3.05) is 31.7 Å². The van der Waals surface area contributed by atoms with Gasteiger partial charge in [-0.1, -0.05) is 12.1 Å². The number of sulfone groups is 1. The molecule has 1 aromatic carbocycles. The summed E-state index contributed by atoms with van der Waals surface area (Å²) in [4.78, 5) is 4.62. The minimum absolute atomic E-state index is 0. The van der Waals surface area contributed by atoms with Crippen molar-refractivity contribution in [3.63, 3.8) is 0 Å². The van der Waals surface area contributed by atoms with Crippen LogP contribution in [0.3, 0.4) is 0 Å². The predicted molar refractivity (Wildman–Crippen MR) is 122 cm³/mol. The fraction of sp³-hybridized carbons (Fsp3) is 0.632. The minimum Gasteiger partial charge on any atom is -0.493 e. The van der Waals surface area contributed by atoms with Crippen molar-refractivity contribution in [2.24, 2.45) is 10.9 Å². The molecule has 1 saturated carbocycles. The van der Waals surface area contributed by atoms with Crippen molar-refractivity contribution in [2.45, 2.75) is 39.7 Å². The van der Waals surface area contributed by atoms with Gasteiger partial charge in [0.2, 0.25) is 0 Å². The number of hydrogen-bond acceptors (Lipinski definition) is 4. The molecule has 27 heavy (non-hydrogen) atoms. The van der Waals surface area contributed by atoms with Gasteiger partial charge in [0.25, 0.3) is 0 Å². The Balaban J connectivity index is 0.00000364. The molecule has 0 unspecified atom stereocenters. The number of hydrogen-bond donors (Lipinski definition) is 2. The van der Waals surface area contributed by atoms with E-state index in [0.29, 0.717) is 31.4 Å². The monoisotopic (exact) mass is 509 g/mol. The number of benzene rings is 1. The maximum atomic E-state index is 11.2. The normalized spacial score (nSPS) is 14.4. The first-order chi connectivity index (χ1) is 12.4. The van der Waals surface area contributed by atoms with Gasteiger partial charge in [-0.3, -0.25) is 0 Å². The fourth-order valence-electron chi connectivity index (χ4n) is 2.47. The van der Waals surface area contributed by atoms with E-state index < -0.39 is 9.84 Å². The lowest BCUT2D eigenvalue weighted by atomic mass is 10.1. The molecule has 0 saturated heterocycles. The lowest BCUT2D eigenvalue weighted by Crippen LogP contribution is -2.38. The van der Waals surface area contributed by atoms with E-state index in [0.717, 1.165) is 24.5 Å². The molecule has 0 aromatic heterocycles. The van der Waals surface area contributed by atoms with Crippen molar-refractivity contribution in [3.05, 3.63) is 29.3 Å². The smallest absolute Gasteiger partial charge is 0.191 e. The van der Waals surface area contributed by atoms with Gasteiger partial charge in [-0.15, -0.1) is 24.0 Å². The zero-order valence-electron chi connectivity index (χ0n) is 16.5. The standard InChI is InChI=1S/C19H31N3O3S.HI/c1-4-20-19(21-10-5-11-26(3,23)24)22-13-17-9-6-15(2)12-18(17)25-14-16-7-8-16;/h6,9,12,16H,4-5,7-8,10-11,13-14H2,1-3H3,(H2,20,21,22);1H. The summed E-state index contributed by atoms with van der Waals surface area (Å²) in [5, 5.41) is 6.38. The number of nitrogens with zero attached hydrogens (tertiary/aromatic N) is 1. The van der Waals surface area contributed by atoms with Crippen LogP contribution in [0.2, 0.25) is 0 Å². The lowest BCUT2D eigenvalue weighted by Gasteiger charge is -2.13. The average Bonchev–Trinajstić information content (AvgIpc) is 3.39. The lowest BCUT2D eigenvalue weighted by molar-refractivity contribution is 0.296. The molecule has 1 aliphatic rings. The number of guanidine groups is 1. The first-order valence-electron chi connectivity index (χ1n) is 9.29. The van der Waals surface area contributed by atoms with E-state index in [1.54, 1.807) is 0 Å². The van der Waals surface area contributed by atoms with Crippen LogP contribution in [0.25, 0.3) is 0 Å². The summed E-state index contributed by atoms with van der Waals surface area (Å²) in [7, 11) is -2.92. The molecular formula is C19H32IN3O3S. The summed E-state index contributed by atoms with van der Waals surface area (Å²) >= 11 is 0. The molecule has 6 nitrogen and oxygen atoms in total. The molecule has 0 bridgehead atoms. The molecule has 1 aromatic rings. The highest BCUT2D eigenvalue weighted by molar-refractivity contribution is 14.0. The number of rotatable bonds is 10. The van der Waals surface area contributed by atoms with E-state index in [9.17, 15) is 8.42 Å². The van der Waals surface area contributed by atoms with Crippen molar-refractivity contribution < 1.29 is 13.2 Å². The van der Waals surface area contributed by atoms with E-state index >= 15 is 0 Å². The SMILES string of the molecule is CCNC(=NCc1ccc(C)cc1OCC1CC1)NCCCS(C)(=O)=O.I. The van der Waals surface area contributed by atoms with E-state index in [1.165, 1.54) is 24.7 Å². The number of ether oxygens (including phenoxy) is 1. The third kappa shape index (κ3) is 10.2. The third-order valence-corrected chi connectivity index (χ3v) is 5.16. The molecule has 0 radical (unpaired) electrons. The second-order valence-electron chi connectivity index (χ2n) is 6.97. The maximum absolute atomic E-state index is 11.2. The summed E-state index contributed by atoms with van der Waals surface area (Å²) in [5.74, 6) is 2.49. The number of halogens is 1. The highest BCUT2D eigenvalue weighted by Gasteiger charge is 2.22. The Morgan fingerprint density at radius 1 is 1.30 bits per heavy atom. The molecular weight excluding hydrogens is 477 g/mol. The zero-order chi connectivity index (χ0) is 19.0. The fourth-order valence-corrected chi connectivity index (χ4v) is 3.13. The molecule has 0 aliphatic heterocycles. The summed E-state index contributed by atoms with van der Waals surface area (Å²) in [5.41, 5.74) is 2.24. The Kier molecular flexibility index (Phi) is 10.4. The van der Waals surface area contributed by atoms with Gasteiger partial charge in [0.15, 0.2) is 5.96 Å². The number of nitrogens with one attached hydrogen (secondary N) is 2. The summed E-state index contributed by atoms with van der Waals surface area (Å²) < 4.78 is 28.4. The van der Waals surface area contributed by atoms with Crippen molar-refractivity contribution in [1.82, 2.24) is 10.6 Å². The second-order valence-corrected chi connectivity index (χ2v) is 9.23. The molecule has 0 spiro atoms. The molecule has 1 aliphatic carbocycles. The van der Waals surface area contributed by atoms with Crippen LogP contribution >= 0.6 is 24.0 Å². The van der Waals surface area contributed by atoms with Gasteiger partial charge in [0, 0.05) is 24.9 Å². The maximum Gasteiger partial charge on any atom is 0.191 e. The third-order valence-electron chi connectivity index (χ3n) is 4.13. The topological polar surface area (TPSA) is 79.8 Å². The minimum atomic E-state index is -2.92. The Morgan fingerprint density at radius 2 is 2.04 bits per heavy atom. The Hall–Kier alpha value is -1.03. The molecule has 2 N–H and O–H groups in total. The molecule has 154 valence electrons. The van der Waals surface area contributed by atoms with Gasteiger partial charge >= 0.3 is 0 Å². The van der Waals surface area contributed by atoms with E-state index in [4.69, 9.17) is 4.74 Å². The van der Waals surface area contributed by atoms with Gasteiger partial charge in [-0.25, -0.2) is 13.4 Å². The molecule has 8 heteroatoms. The summed E-state index contributed by atoms with van der Waals surface area (Å²) in [6.07, 6.45) is 4.35. The van der Waals surface area contributed by atoms with E-state index in [-0.39, 0.29) is 29.7 Å². The molecule has 0 heterocycles. The van der Waals surface area contributed by atoms with Gasteiger partial charge in [0.1, 0.15) is 15.6 Å². The van der Waals surface area contributed by atoms with Crippen LogP contribution in [0.5, 0.6) is 5.75 Å². The molecule has 0 atom stereocenters. The highest BCUT2D eigenvalue weighted by atomic mass is 127. The van der Waals surface area contributed by atoms with Gasteiger partial charge in [0.05, 0.1) is 18.9 Å². The quantitative estimate of drug-likeness (QED) is 0.220. The first kappa shape index (κ1) is 24.0. The van der Waals surface area contributed by atoms with Gasteiger partial charge in [-0.05, 0) is 50.7 Å². The van der Waals surface area contributed by atoms with Crippen LogP contribution in [-0.4, -0.2) is 46.1 Å².